The summed E-state index contributed by atoms with van der Waals surface area (Å²) in [4.78, 5) is 0. The van der Waals surface area contributed by atoms with Crippen LogP contribution in [0.2, 0.25) is 0 Å². The highest BCUT2D eigenvalue weighted by atomic mass is 14.5. The lowest BCUT2D eigenvalue weighted by Crippen LogP contribution is -1.86. The molecule has 0 saturated heterocycles. The molecule has 0 unspecified atom stereocenters. The maximum atomic E-state index is 5.92. The van der Waals surface area contributed by atoms with Crippen LogP contribution < -0.4 is 5.73 Å². The van der Waals surface area contributed by atoms with Crippen LogP contribution in [0.3, 0.4) is 0 Å². The summed E-state index contributed by atoms with van der Waals surface area (Å²) in [7, 11) is 0. The lowest BCUT2D eigenvalue weighted by molar-refractivity contribution is 1.42. The molecular weight excluding hydrogens is 266 g/mol. The number of nitrogens with two attached hydrogens (primary N) is 1. The fourth-order valence-electron chi connectivity index (χ4n) is 2.53. The molecule has 22 heavy (non-hydrogen) atoms. The molecule has 0 atom stereocenters. The van der Waals surface area contributed by atoms with E-state index in [0.29, 0.717) is 0 Å². The molecule has 0 aliphatic rings. The molecule has 0 saturated carbocycles. The summed E-state index contributed by atoms with van der Waals surface area (Å²) in [5, 5.41) is 2.56. The molecule has 0 heterocycles. The first-order chi connectivity index (χ1) is 10.8. The van der Waals surface area contributed by atoms with Crippen LogP contribution in [-0.2, 0) is 0 Å². The highest BCUT2D eigenvalue weighted by Gasteiger charge is 1.95. The van der Waals surface area contributed by atoms with Crippen LogP contribution in [0.5, 0.6) is 0 Å². The number of fused-ring (bicyclic) bond motifs is 1. The van der Waals surface area contributed by atoms with Gasteiger partial charge in [0, 0.05) is 5.69 Å². The smallest absolute Gasteiger partial charge is 0.0387 e. The van der Waals surface area contributed by atoms with Crippen LogP contribution in [-0.4, -0.2) is 0 Å². The van der Waals surface area contributed by atoms with E-state index in [4.69, 9.17) is 5.73 Å². The van der Waals surface area contributed by atoms with Gasteiger partial charge in [-0.05, 0) is 34.4 Å². The average Bonchev–Trinajstić information content (AvgIpc) is 2.56. The summed E-state index contributed by atoms with van der Waals surface area (Å²) in [5.41, 5.74) is 9.06. The summed E-state index contributed by atoms with van der Waals surface area (Å²) in [6.45, 7) is 0. The van der Waals surface area contributed by atoms with Crippen molar-refractivity contribution in [3.8, 4) is 0 Å². The zero-order valence-electron chi connectivity index (χ0n) is 12.4. The van der Waals surface area contributed by atoms with Gasteiger partial charge in [0.1, 0.15) is 0 Å². The van der Waals surface area contributed by atoms with Gasteiger partial charge in [0.15, 0.2) is 0 Å². The predicted molar refractivity (Wildman–Crippen MR) is 97.5 cm³/mol. The van der Waals surface area contributed by atoms with Gasteiger partial charge in [0.2, 0.25) is 0 Å². The third-order valence-corrected chi connectivity index (χ3v) is 3.69. The van der Waals surface area contributed by atoms with Crippen molar-refractivity contribution in [1.82, 2.24) is 0 Å². The molecule has 0 radical (unpaired) electrons. The second kappa shape index (κ2) is 6.77. The SMILES string of the molecule is Nc1ccccc1/C=C\C/C=C/c1cccc2ccccc12. The molecule has 1 nitrogen and oxygen atoms in total. The molecule has 0 spiro atoms. The molecule has 0 amide bonds. The van der Waals surface area contributed by atoms with Crippen molar-refractivity contribution in [2.45, 2.75) is 6.42 Å². The zero-order valence-corrected chi connectivity index (χ0v) is 12.4. The Hall–Kier alpha value is -2.80. The minimum Gasteiger partial charge on any atom is -0.398 e. The van der Waals surface area contributed by atoms with Crippen molar-refractivity contribution < 1.29 is 0 Å². The van der Waals surface area contributed by atoms with Crippen molar-refractivity contribution in [1.29, 1.82) is 0 Å². The predicted octanol–water partition coefficient (Wildman–Crippen LogP) is 5.54. The van der Waals surface area contributed by atoms with Gasteiger partial charge in [-0.25, -0.2) is 0 Å². The van der Waals surface area contributed by atoms with Gasteiger partial charge < -0.3 is 5.73 Å². The summed E-state index contributed by atoms with van der Waals surface area (Å²) >= 11 is 0. The number of para-hydroxylation sites is 1. The first-order valence-corrected chi connectivity index (χ1v) is 7.50. The molecule has 2 N–H and O–H groups in total. The molecule has 3 aromatic rings. The van der Waals surface area contributed by atoms with E-state index in [9.17, 15) is 0 Å². The van der Waals surface area contributed by atoms with Gasteiger partial charge in [0.05, 0.1) is 0 Å². The molecule has 0 fully saturated rings. The Morgan fingerprint density at radius 2 is 1.32 bits per heavy atom. The van der Waals surface area contributed by atoms with Gasteiger partial charge >= 0.3 is 0 Å². The first kappa shape index (κ1) is 14.2. The lowest BCUT2D eigenvalue weighted by Gasteiger charge is -2.01. The van der Waals surface area contributed by atoms with Crippen LogP contribution >= 0.6 is 0 Å². The normalized spacial score (nSPS) is 11.6. The zero-order chi connectivity index (χ0) is 15.2. The van der Waals surface area contributed by atoms with Gasteiger partial charge in [0.25, 0.3) is 0 Å². The highest BCUT2D eigenvalue weighted by molar-refractivity contribution is 5.90. The van der Waals surface area contributed by atoms with Crippen molar-refractivity contribution in [3.05, 3.63) is 90.0 Å². The minimum absolute atomic E-state index is 0.816. The molecule has 0 aromatic heterocycles. The number of rotatable bonds is 4. The van der Waals surface area contributed by atoms with Crippen LogP contribution in [0, 0.1) is 0 Å². The second-order valence-corrected chi connectivity index (χ2v) is 5.24. The van der Waals surface area contributed by atoms with Crippen LogP contribution in [0.4, 0.5) is 5.69 Å². The highest BCUT2D eigenvalue weighted by Crippen LogP contribution is 2.20. The van der Waals surface area contributed by atoms with Gasteiger partial charge in [-0.1, -0.05) is 85.0 Å². The molecule has 0 bridgehead atoms. The average molecular weight is 285 g/mol. The maximum Gasteiger partial charge on any atom is 0.0387 e. The Labute approximate surface area is 131 Å². The summed E-state index contributed by atoms with van der Waals surface area (Å²) in [6.07, 6.45) is 9.45. The molecule has 1 heteroatoms. The molecular formula is C21H19N. The first-order valence-electron chi connectivity index (χ1n) is 7.50. The van der Waals surface area contributed by atoms with Crippen LogP contribution in [0.1, 0.15) is 17.5 Å². The number of anilines is 1. The Morgan fingerprint density at radius 1 is 0.682 bits per heavy atom. The van der Waals surface area contributed by atoms with Crippen molar-refractivity contribution in [3.63, 3.8) is 0 Å². The number of benzene rings is 3. The quantitative estimate of drug-likeness (QED) is 0.626. The van der Waals surface area contributed by atoms with E-state index in [1.807, 2.05) is 24.3 Å². The topological polar surface area (TPSA) is 26.0 Å². The lowest BCUT2D eigenvalue weighted by atomic mass is 10.0. The Balaban J connectivity index is 1.71. The maximum absolute atomic E-state index is 5.92. The van der Waals surface area contributed by atoms with Crippen LogP contribution in [0.15, 0.2) is 78.9 Å². The Bertz CT molecular complexity index is 823. The fraction of sp³-hybridized carbons (Fsp3) is 0.0476. The van der Waals surface area contributed by atoms with Crippen molar-refractivity contribution >= 4 is 28.6 Å². The molecule has 0 aliphatic carbocycles. The van der Waals surface area contributed by atoms with E-state index in [-0.39, 0.29) is 0 Å². The summed E-state index contributed by atoms with van der Waals surface area (Å²) < 4.78 is 0. The second-order valence-electron chi connectivity index (χ2n) is 5.24. The largest absolute Gasteiger partial charge is 0.398 e. The van der Waals surface area contributed by atoms with Crippen molar-refractivity contribution in [2.75, 3.05) is 5.73 Å². The van der Waals surface area contributed by atoms with Gasteiger partial charge in [-0.3, -0.25) is 0 Å². The third-order valence-electron chi connectivity index (χ3n) is 3.69. The molecule has 0 aliphatic heterocycles. The van der Waals surface area contributed by atoms with E-state index < -0.39 is 0 Å². The van der Waals surface area contributed by atoms with Gasteiger partial charge in [-0.15, -0.1) is 0 Å². The summed E-state index contributed by atoms with van der Waals surface area (Å²) in [6, 6.07) is 22.8. The van der Waals surface area contributed by atoms with E-state index in [1.54, 1.807) is 0 Å². The van der Waals surface area contributed by atoms with Crippen LogP contribution in [0.25, 0.3) is 22.9 Å². The van der Waals surface area contributed by atoms with Gasteiger partial charge in [-0.2, -0.15) is 0 Å². The molecule has 3 rings (SSSR count). The summed E-state index contributed by atoms with van der Waals surface area (Å²) in [5.74, 6) is 0. The number of hydrogen-bond donors (Lipinski definition) is 1. The third kappa shape index (κ3) is 3.26. The fourth-order valence-corrected chi connectivity index (χ4v) is 2.53. The number of hydrogen-bond acceptors (Lipinski definition) is 1. The number of nitrogen functional groups attached to an aromatic ring is 1. The monoisotopic (exact) mass is 285 g/mol. The van der Waals surface area contributed by atoms with E-state index in [1.165, 1.54) is 16.3 Å². The molecule has 3 aromatic carbocycles. The van der Waals surface area contributed by atoms with E-state index >= 15 is 0 Å². The van der Waals surface area contributed by atoms with Crippen molar-refractivity contribution in [2.24, 2.45) is 0 Å². The minimum atomic E-state index is 0.816. The van der Waals surface area contributed by atoms with E-state index in [0.717, 1.165) is 17.7 Å². The Kier molecular flexibility index (Phi) is 4.35. The van der Waals surface area contributed by atoms with E-state index in [2.05, 4.69) is 66.8 Å². The standard InChI is InChI=1S/C21H19N/c22-21-16-7-5-12-19(21)11-3-1-2-9-17-13-8-14-18-10-4-6-15-20(17)18/h2-16H,1,22H2/b9-2+,11-3-. The molecule has 108 valence electrons. The Morgan fingerprint density at radius 3 is 2.18 bits per heavy atom. The number of allylic oxidation sites excluding steroid dienone is 2.